The van der Waals surface area contributed by atoms with Gasteiger partial charge >= 0.3 is 0 Å². The van der Waals surface area contributed by atoms with E-state index in [-0.39, 0.29) is 30.4 Å². The molecule has 0 aromatic heterocycles. The Hall–Kier alpha value is -2.72. The minimum atomic E-state index is -0.468. The molecule has 7 nitrogen and oxygen atoms in total. The van der Waals surface area contributed by atoms with E-state index in [0.29, 0.717) is 17.1 Å². The molecular weight excluding hydrogens is 424 g/mol. The molecule has 0 saturated heterocycles. The Kier molecular flexibility index (Phi) is 7.97. The molecule has 0 radical (unpaired) electrons. The van der Waals surface area contributed by atoms with Crippen LogP contribution in [0.1, 0.15) is 16.7 Å². The van der Waals surface area contributed by atoms with Crippen LogP contribution in [0.4, 0.5) is 5.69 Å². The number of benzene rings is 3. The molecule has 0 aliphatic rings. The fraction of sp³-hybridized carbons (Fsp3) is 0.143. The summed E-state index contributed by atoms with van der Waals surface area (Å²) in [4.78, 5) is 10.6. The van der Waals surface area contributed by atoms with Gasteiger partial charge in [-0.2, -0.15) is 0 Å². The maximum Gasteiger partial charge on any atom is 0.275 e. The molecule has 0 saturated carbocycles. The Labute approximate surface area is 178 Å². The predicted octanol–water partition coefficient (Wildman–Crippen LogP) is 6.28. The summed E-state index contributed by atoms with van der Waals surface area (Å²) >= 11 is 0. The van der Waals surface area contributed by atoms with Gasteiger partial charge < -0.3 is 18.1 Å². The van der Waals surface area contributed by atoms with Gasteiger partial charge in [0.15, 0.2) is 0 Å². The summed E-state index contributed by atoms with van der Waals surface area (Å²) in [5, 5.41) is 11.1. The standard InChI is InChI=1S/C21H21NO6P2/c1-15-5-3-7-19(11-15)26-29-25-14-17-9-10-18(22(23)24)13-21(17)28-30-27-20-8-4-6-16(2)12-20/h3-13,29-30H,14H2,1-2H3. The van der Waals surface area contributed by atoms with E-state index in [1.54, 1.807) is 6.07 Å². The predicted molar refractivity (Wildman–Crippen MR) is 119 cm³/mol. The highest BCUT2D eigenvalue weighted by molar-refractivity contribution is 7.27. The number of nitro groups is 1. The molecule has 0 fully saturated rings. The zero-order chi connectivity index (χ0) is 21.3. The van der Waals surface area contributed by atoms with Crippen LogP contribution in [0.25, 0.3) is 0 Å². The first-order valence-electron chi connectivity index (χ1n) is 9.04. The SMILES string of the molecule is Cc1cccc(OPOCc2ccc([N+](=O)[O-])cc2OPOc2cccc(C)c2)c1. The lowest BCUT2D eigenvalue weighted by Gasteiger charge is -2.12. The Morgan fingerprint density at radius 2 is 1.47 bits per heavy atom. The Balaban J connectivity index is 1.59. The maximum atomic E-state index is 11.1. The van der Waals surface area contributed by atoms with Crippen LogP contribution >= 0.6 is 18.1 Å². The fourth-order valence-corrected chi connectivity index (χ4v) is 3.57. The van der Waals surface area contributed by atoms with Gasteiger partial charge in [-0.15, -0.1) is 0 Å². The third-order valence-electron chi connectivity index (χ3n) is 4.00. The van der Waals surface area contributed by atoms with Crippen molar-refractivity contribution >= 4 is 23.8 Å². The summed E-state index contributed by atoms with van der Waals surface area (Å²) in [7, 11) is -0.575. The van der Waals surface area contributed by atoms with Crippen LogP contribution < -0.4 is 13.6 Å². The number of aryl methyl sites for hydroxylation is 2. The second kappa shape index (κ2) is 10.9. The first-order valence-corrected chi connectivity index (χ1v) is 10.7. The first-order chi connectivity index (χ1) is 14.5. The fourth-order valence-electron chi connectivity index (χ4n) is 2.53. The van der Waals surface area contributed by atoms with Gasteiger partial charge in [0.2, 0.25) is 9.03 Å². The molecule has 2 unspecified atom stereocenters. The van der Waals surface area contributed by atoms with Crippen LogP contribution in [-0.2, 0) is 11.1 Å². The average Bonchev–Trinajstić information content (AvgIpc) is 2.72. The monoisotopic (exact) mass is 445 g/mol. The summed E-state index contributed by atoms with van der Waals surface area (Å²) in [5.74, 6) is 1.74. The van der Waals surface area contributed by atoms with Crippen LogP contribution in [0.5, 0.6) is 17.2 Å². The van der Waals surface area contributed by atoms with Gasteiger partial charge in [-0.05, 0) is 55.3 Å². The minimum Gasteiger partial charge on any atom is -0.450 e. The molecule has 0 aliphatic heterocycles. The Morgan fingerprint density at radius 1 is 0.833 bits per heavy atom. The third kappa shape index (κ3) is 6.67. The van der Waals surface area contributed by atoms with Gasteiger partial charge in [0.25, 0.3) is 14.7 Å². The van der Waals surface area contributed by atoms with Crippen molar-refractivity contribution in [3.8, 4) is 17.2 Å². The summed E-state index contributed by atoms with van der Waals surface area (Å²) < 4.78 is 22.5. The largest absolute Gasteiger partial charge is 0.450 e. The van der Waals surface area contributed by atoms with Crippen molar-refractivity contribution in [2.24, 2.45) is 0 Å². The number of hydrogen-bond donors (Lipinski definition) is 0. The van der Waals surface area contributed by atoms with E-state index in [2.05, 4.69) is 0 Å². The quantitative estimate of drug-likeness (QED) is 0.158. The molecule has 2 atom stereocenters. The van der Waals surface area contributed by atoms with Gasteiger partial charge in [0.1, 0.15) is 17.2 Å². The van der Waals surface area contributed by atoms with Crippen LogP contribution in [-0.4, -0.2) is 4.92 Å². The Bertz CT molecular complexity index is 1010. The van der Waals surface area contributed by atoms with E-state index in [1.165, 1.54) is 12.1 Å². The molecule has 30 heavy (non-hydrogen) atoms. The van der Waals surface area contributed by atoms with E-state index in [4.69, 9.17) is 18.1 Å². The number of nitro benzene ring substituents is 1. The lowest BCUT2D eigenvalue weighted by Crippen LogP contribution is -1.96. The first kappa shape index (κ1) is 22.0. The second-order valence-electron chi connectivity index (χ2n) is 6.44. The van der Waals surface area contributed by atoms with Gasteiger partial charge in [-0.3, -0.25) is 10.1 Å². The number of rotatable bonds is 10. The Morgan fingerprint density at radius 3 is 2.07 bits per heavy atom. The molecule has 3 aromatic rings. The van der Waals surface area contributed by atoms with E-state index in [0.717, 1.165) is 16.9 Å². The van der Waals surface area contributed by atoms with Crippen LogP contribution in [0.3, 0.4) is 0 Å². The number of hydrogen-bond acceptors (Lipinski definition) is 6. The molecular formula is C21H21NO6P2. The lowest BCUT2D eigenvalue weighted by atomic mass is 10.2. The highest BCUT2D eigenvalue weighted by atomic mass is 31.1. The van der Waals surface area contributed by atoms with Gasteiger partial charge in [0, 0.05) is 11.6 Å². The molecule has 0 amide bonds. The van der Waals surface area contributed by atoms with Crippen molar-refractivity contribution in [1.82, 2.24) is 0 Å². The third-order valence-corrected chi connectivity index (χ3v) is 5.20. The van der Waals surface area contributed by atoms with Crippen molar-refractivity contribution in [2.75, 3.05) is 0 Å². The van der Waals surface area contributed by atoms with E-state index >= 15 is 0 Å². The normalized spacial score (nSPS) is 11.3. The van der Waals surface area contributed by atoms with Crippen LogP contribution in [0.15, 0.2) is 66.7 Å². The van der Waals surface area contributed by atoms with E-state index in [9.17, 15) is 10.1 Å². The molecule has 156 valence electrons. The highest BCUT2D eigenvalue weighted by Gasteiger charge is 2.13. The number of nitrogens with zero attached hydrogens (tertiary/aromatic N) is 1. The summed E-state index contributed by atoms with van der Waals surface area (Å²) in [6, 6.07) is 19.6. The lowest BCUT2D eigenvalue weighted by molar-refractivity contribution is -0.384. The molecule has 3 rings (SSSR count). The maximum absolute atomic E-state index is 11.1. The van der Waals surface area contributed by atoms with E-state index < -0.39 is 4.92 Å². The van der Waals surface area contributed by atoms with Gasteiger partial charge in [0.05, 0.1) is 17.6 Å². The van der Waals surface area contributed by atoms with E-state index in [1.807, 2.05) is 62.4 Å². The van der Waals surface area contributed by atoms with Crippen molar-refractivity contribution in [1.29, 1.82) is 0 Å². The van der Waals surface area contributed by atoms with Gasteiger partial charge in [-0.25, -0.2) is 0 Å². The highest BCUT2D eigenvalue weighted by Crippen LogP contribution is 2.33. The minimum absolute atomic E-state index is 0.0624. The van der Waals surface area contributed by atoms with Crippen LogP contribution in [0, 0.1) is 24.0 Å². The topological polar surface area (TPSA) is 80.1 Å². The summed E-state index contributed by atoms with van der Waals surface area (Å²) in [5.41, 5.74) is 2.77. The smallest absolute Gasteiger partial charge is 0.275 e. The molecule has 0 N–H and O–H groups in total. The van der Waals surface area contributed by atoms with Crippen LogP contribution in [0.2, 0.25) is 0 Å². The molecule has 0 aliphatic carbocycles. The number of non-ortho nitro benzene ring substituents is 1. The van der Waals surface area contributed by atoms with Crippen molar-refractivity contribution < 1.29 is 23.0 Å². The summed E-state index contributed by atoms with van der Waals surface area (Å²) in [6.07, 6.45) is 0. The van der Waals surface area contributed by atoms with Gasteiger partial charge in [-0.1, -0.05) is 24.3 Å². The molecule has 0 bridgehead atoms. The zero-order valence-corrected chi connectivity index (χ0v) is 18.5. The second-order valence-corrected chi connectivity index (χ2v) is 7.68. The summed E-state index contributed by atoms with van der Waals surface area (Å²) in [6.45, 7) is 4.13. The van der Waals surface area contributed by atoms with Crippen molar-refractivity contribution in [2.45, 2.75) is 20.5 Å². The van der Waals surface area contributed by atoms with Crippen molar-refractivity contribution in [3.05, 3.63) is 93.5 Å². The zero-order valence-electron chi connectivity index (χ0n) is 16.5. The van der Waals surface area contributed by atoms with Crippen molar-refractivity contribution in [3.63, 3.8) is 0 Å². The molecule has 0 spiro atoms. The molecule has 3 aromatic carbocycles. The average molecular weight is 445 g/mol. The molecule has 0 heterocycles. The molecule has 9 heteroatoms.